The number of anilines is 1. The van der Waals surface area contributed by atoms with Crippen LogP contribution < -0.4 is 15.8 Å². The first-order valence-corrected chi connectivity index (χ1v) is 6.07. The molecule has 94 valence electrons. The number of nitrogens with two attached hydrogens (primary N) is 1. The van der Waals surface area contributed by atoms with Crippen molar-refractivity contribution in [1.82, 2.24) is 0 Å². The highest BCUT2D eigenvalue weighted by Gasteiger charge is 2.10. The van der Waals surface area contributed by atoms with Crippen LogP contribution in [0.5, 0.6) is 5.75 Å². The molecule has 4 nitrogen and oxygen atoms in total. The topological polar surface area (TPSA) is 59.6 Å². The summed E-state index contributed by atoms with van der Waals surface area (Å²) in [7, 11) is 1.62. The highest BCUT2D eigenvalue weighted by molar-refractivity contribution is 9.10. The number of methoxy groups -OCH3 is 1. The van der Waals surface area contributed by atoms with Crippen molar-refractivity contribution in [2.24, 2.45) is 10.7 Å². The zero-order chi connectivity index (χ0) is 13.1. The number of halogens is 1. The molecule has 0 spiro atoms. The van der Waals surface area contributed by atoms with Crippen LogP contribution in [0, 0.1) is 0 Å². The molecule has 1 aromatic carbocycles. The van der Waals surface area contributed by atoms with E-state index in [4.69, 9.17) is 10.5 Å². The number of nitrogens with one attached hydrogen (secondary N) is 1. The molecule has 0 unspecified atom stereocenters. The summed E-state index contributed by atoms with van der Waals surface area (Å²) in [5.41, 5.74) is 6.41. The van der Waals surface area contributed by atoms with E-state index in [0.717, 1.165) is 15.9 Å². The number of ether oxygens (including phenoxy) is 1. The van der Waals surface area contributed by atoms with Gasteiger partial charge in [-0.15, -0.1) is 0 Å². The summed E-state index contributed by atoms with van der Waals surface area (Å²) in [6.07, 6.45) is 0. The van der Waals surface area contributed by atoms with E-state index in [1.807, 2.05) is 39.0 Å². The molecule has 0 aliphatic heterocycles. The van der Waals surface area contributed by atoms with Crippen LogP contribution in [0.4, 0.5) is 5.69 Å². The molecule has 0 bridgehead atoms. The van der Waals surface area contributed by atoms with Gasteiger partial charge in [-0.05, 0) is 39.0 Å². The molecule has 1 aromatic rings. The van der Waals surface area contributed by atoms with Gasteiger partial charge >= 0.3 is 0 Å². The van der Waals surface area contributed by atoms with Crippen LogP contribution in [0.15, 0.2) is 27.7 Å². The fraction of sp³-hybridized carbons (Fsp3) is 0.417. The molecule has 5 heteroatoms. The number of nitrogens with zero attached hydrogens (tertiary/aromatic N) is 1. The first-order valence-electron chi connectivity index (χ1n) is 5.28. The molecule has 0 amide bonds. The van der Waals surface area contributed by atoms with Crippen LogP contribution in [-0.4, -0.2) is 18.6 Å². The predicted molar refractivity (Wildman–Crippen MR) is 75.7 cm³/mol. The maximum Gasteiger partial charge on any atom is 0.193 e. The average molecular weight is 300 g/mol. The molecule has 0 fully saturated rings. The number of aliphatic imine (C=N–C) groups is 1. The summed E-state index contributed by atoms with van der Waals surface area (Å²) in [6, 6.07) is 5.65. The second-order valence-corrected chi connectivity index (χ2v) is 5.55. The summed E-state index contributed by atoms with van der Waals surface area (Å²) in [5, 5.41) is 3.03. The van der Waals surface area contributed by atoms with Crippen molar-refractivity contribution in [3.63, 3.8) is 0 Å². The van der Waals surface area contributed by atoms with E-state index in [1.165, 1.54) is 0 Å². The van der Waals surface area contributed by atoms with Crippen LogP contribution in [0.3, 0.4) is 0 Å². The minimum Gasteiger partial charge on any atom is -0.495 e. The summed E-state index contributed by atoms with van der Waals surface area (Å²) in [6.45, 7) is 5.96. The smallest absolute Gasteiger partial charge is 0.193 e. The molecule has 0 saturated carbocycles. The lowest BCUT2D eigenvalue weighted by Crippen LogP contribution is -2.27. The maximum atomic E-state index is 5.83. The fourth-order valence-corrected chi connectivity index (χ4v) is 1.67. The number of guanidine groups is 1. The molecule has 3 N–H and O–H groups in total. The highest BCUT2D eigenvalue weighted by atomic mass is 79.9. The summed E-state index contributed by atoms with van der Waals surface area (Å²) < 4.78 is 6.19. The summed E-state index contributed by atoms with van der Waals surface area (Å²) in [5.74, 6) is 1.09. The zero-order valence-electron chi connectivity index (χ0n) is 10.5. The van der Waals surface area contributed by atoms with E-state index in [1.54, 1.807) is 7.11 Å². The van der Waals surface area contributed by atoms with Gasteiger partial charge in [0.2, 0.25) is 0 Å². The molecule has 0 saturated heterocycles. The first kappa shape index (κ1) is 13.8. The Morgan fingerprint density at radius 3 is 2.59 bits per heavy atom. The van der Waals surface area contributed by atoms with Crippen LogP contribution >= 0.6 is 15.9 Å². The molecule has 0 aliphatic rings. The molecule has 0 heterocycles. The minimum absolute atomic E-state index is 0.212. The Balaban J connectivity index is 2.95. The average Bonchev–Trinajstić information content (AvgIpc) is 2.14. The molecule has 0 aliphatic carbocycles. The van der Waals surface area contributed by atoms with Gasteiger partial charge in [-0.25, -0.2) is 4.99 Å². The quantitative estimate of drug-likeness (QED) is 0.652. The SMILES string of the molecule is COc1ccc(Br)cc1NC(N)=NC(C)(C)C. The van der Waals surface area contributed by atoms with Crippen molar-refractivity contribution in [2.75, 3.05) is 12.4 Å². The lowest BCUT2D eigenvalue weighted by molar-refractivity contribution is 0.417. The third-order valence-electron chi connectivity index (χ3n) is 1.88. The lowest BCUT2D eigenvalue weighted by Gasteiger charge is -2.16. The molecule has 1 rings (SSSR count). The summed E-state index contributed by atoms with van der Waals surface area (Å²) >= 11 is 3.40. The summed E-state index contributed by atoms with van der Waals surface area (Å²) in [4.78, 5) is 4.32. The molecule has 0 aromatic heterocycles. The van der Waals surface area contributed by atoms with Crippen LogP contribution in [0.1, 0.15) is 20.8 Å². The number of hydrogen-bond acceptors (Lipinski definition) is 2. The lowest BCUT2D eigenvalue weighted by atomic mass is 10.1. The minimum atomic E-state index is -0.212. The second kappa shape index (κ2) is 5.40. The van der Waals surface area contributed by atoms with Gasteiger partial charge < -0.3 is 15.8 Å². The fourth-order valence-electron chi connectivity index (χ4n) is 1.31. The van der Waals surface area contributed by atoms with E-state index in [9.17, 15) is 0 Å². The van der Waals surface area contributed by atoms with E-state index < -0.39 is 0 Å². The van der Waals surface area contributed by atoms with E-state index in [-0.39, 0.29) is 5.54 Å². The second-order valence-electron chi connectivity index (χ2n) is 4.64. The van der Waals surface area contributed by atoms with Crippen molar-refractivity contribution >= 4 is 27.6 Å². The van der Waals surface area contributed by atoms with Gasteiger partial charge in [0.1, 0.15) is 5.75 Å². The molecule has 0 radical (unpaired) electrons. The van der Waals surface area contributed by atoms with E-state index in [0.29, 0.717) is 5.96 Å². The van der Waals surface area contributed by atoms with Gasteiger partial charge in [0.15, 0.2) is 5.96 Å². The van der Waals surface area contributed by atoms with Crippen molar-refractivity contribution < 1.29 is 4.74 Å². The largest absolute Gasteiger partial charge is 0.495 e. The van der Waals surface area contributed by atoms with Crippen molar-refractivity contribution in [3.05, 3.63) is 22.7 Å². The van der Waals surface area contributed by atoms with Gasteiger partial charge in [0.25, 0.3) is 0 Å². The van der Waals surface area contributed by atoms with Gasteiger partial charge in [0.05, 0.1) is 18.3 Å². The van der Waals surface area contributed by atoms with Crippen molar-refractivity contribution in [3.8, 4) is 5.75 Å². The molecule has 17 heavy (non-hydrogen) atoms. The molecule has 0 atom stereocenters. The third kappa shape index (κ3) is 4.65. The predicted octanol–water partition coefficient (Wildman–Crippen LogP) is 2.98. The zero-order valence-corrected chi connectivity index (χ0v) is 12.1. The van der Waals surface area contributed by atoms with E-state index in [2.05, 4.69) is 26.2 Å². The standard InChI is InChI=1S/C12H18BrN3O/c1-12(2,3)16-11(14)15-9-7-8(13)5-6-10(9)17-4/h5-7H,1-4H3,(H3,14,15,16). The first-order chi connectivity index (χ1) is 7.81. The Labute approximate surface area is 110 Å². The van der Waals surface area contributed by atoms with Crippen molar-refractivity contribution in [1.29, 1.82) is 0 Å². The Hall–Kier alpha value is -1.23. The number of hydrogen-bond donors (Lipinski definition) is 2. The molecular formula is C12H18BrN3O. The maximum absolute atomic E-state index is 5.83. The van der Waals surface area contributed by atoms with E-state index >= 15 is 0 Å². The third-order valence-corrected chi connectivity index (χ3v) is 2.37. The number of rotatable bonds is 2. The number of benzene rings is 1. The normalized spacial score (nSPS) is 12.4. The Morgan fingerprint density at radius 1 is 1.41 bits per heavy atom. The van der Waals surface area contributed by atoms with Gasteiger partial charge in [-0.1, -0.05) is 15.9 Å². The van der Waals surface area contributed by atoms with Crippen LogP contribution in [0.2, 0.25) is 0 Å². The van der Waals surface area contributed by atoms with Gasteiger partial charge in [-0.3, -0.25) is 0 Å². The van der Waals surface area contributed by atoms with Gasteiger partial charge in [0, 0.05) is 4.47 Å². The van der Waals surface area contributed by atoms with Gasteiger partial charge in [-0.2, -0.15) is 0 Å². The van der Waals surface area contributed by atoms with Crippen LogP contribution in [-0.2, 0) is 0 Å². The highest BCUT2D eigenvalue weighted by Crippen LogP contribution is 2.27. The Kier molecular flexibility index (Phi) is 4.40. The van der Waals surface area contributed by atoms with Crippen molar-refractivity contribution in [2.45, 2.75) is 26.3 Å². The monoisotopic (exact) mass is 299 g/mol. The molecular weight excluding hydrogens is 282 g/mol. The Bertz CT molecular complexity index is 424. The Morgan fingerprint density at radius 2 is 2.06 bits per heavy atom. The van der Waals surface area contributed by atoms with Crippen LogP contribution in [0.25, 0.3) is 0 Å².